The van der Waals surface area contributed by atoms with Gasteiger partial charge >= 0.3 is 0 Å². The summed E-state index contributed by atoms with van der Waals surface area (Å²) in [6.45, 7) is 2.96. The van der Waals surface area contributed by atoms with Crippen LogP contribution in [-0.2, 0) is 4.79 Å². The van der Waals surface area contributed by atoms with Crippen molar-refractivity contribution in [3.8, 4) is 5.75 Å². The highest BCUT2D eigenvalue weighted by Gasteiger charge is 2.21. The molecular weight excluding hydrogens is 276 g/mol. The molecule has 5 heteroatoms. The average molecular weight is 297 g/mol. The number of aromatic hydroxyl groups is 1. The number of carbonyl (C=O) groups excluding carboxylic acids is 1. The van der Waals surface area contributed by atoms with Crippen molar-refractivity contribution in [2.75, 3.05) is 37.0 Å². The molecule has 1 aromatic rings. The van der Waals surface area contributed by atoms with Gasteiger partial charge in [0.15, 0.2) is 0 Å². The topological polar surface area (TPSA) is 43.8 Å². The van der Waals surface area contributed by atoms with Crippen molar-refractivity contribution in [2.24, 2.45) is 0 Å². The number of amides is 1. The lowest BCUT2D eigenvalue weighted by Crippen LogP contribution is -2.48. The molecule has 0 bridgehead atoms. The molecule has 1 aromatic carbocycles. The van der Waals surface area contributed by atoms with Gasteiger partial charge in [-0.25, -0.2) is 0 Å². The number of para-hydroxylation sites is 2. The molecule has 0 aliphatic carbocycles. The molecule has 20 heavy (non-hydrogen) atoms. The van der Waals surface area contributed by atoms with E-state index in [0.717, 1.165) is 31.6 Å². The van der Waals surface area contributed by atoms with Crippen LogP contribution in [0, 0.1) is 0 Å². The van der Waals surface area contributed by atoms with Crippen LogP contribution in [-0.4, -0.2) is 48.0 Å². The molecule has 0 atom stereocenters. The van der Waals surface area contributed by atoms with Crippen molar-refractivity contribution in [1.82, 2.24) is 4.90 Å². The normalized spacial score (nSPS) is 15.4. The first-order valence-corrected chi connectivity index (χ1v) is 7.62. The van der Waals surface area contributed by atoms with Gasteiger partial charge in [-0.15, -0.1) is 11.6 Å². The SMILES string of the molecule is O=C(CCCCCl)N1CCN(c2ccccc2O)CC1. The van der Waals surface area contributed by atoms with Crippen LogP contribution in [0.1, 0.15) is 19.3 Å². The Kier molecular flexibility index (Phi) is 5.53. The zero-order chi connectivity index (χ0) is 14.4. The van der Waals surface area contributed by atoms with Crippen molar-refractivity contribution < 1.29 is 9.90 Å². The van der Waals surface area contributed by atoms with E-state index in [1.807, 2.05) is 23.1 Å². The molecule has 4 nitrogen and oxygen atoms in total. The zero-order valence-corrected chi connectivity index (χ0v) is 12.4. The van der Waals surface area contributed by atoms with Gasteiger partial charge in [0.25, 0.3) is 0 Å². The van der Waals surface area contributed by atoms with Crippen LogP contribution in [0.4, 0.5) is 5.69 Å². The highest BCUT2D eigenvalue weighted by atomic mass is 35.5. The standard InChI is InChI=1S/C15H21ClN2O2/c16-8-4-3-7-15(20)18-11-9-17(10-12-18)13-5-1-2-6-14(13)19/h1-2,5-6,19H,3-4,7-12H2. The van der Waals surface area contributed by atoms with Crippen LogP contribution in [0.15, 0.2) is 24.3 Å². The van der Waals surface area contributed by atoms with Gasteiger partial charge in [-0.05, 0) is 25.0 Å². The quantitative estimate of drug-likeness (QED) is 0.670. The molecule has 1 N–H and O–H groups in total. The summed E-state index contributed by atoms with van der Waals surface area (Å²) in [6, 6.07) is 7.33. The fourth-order valence-electron chi connectivity index (χ4n) is 2.46. The summed E-state index contributed by atoms with van der Waals surface area (Å²) in [6.07, 6.45) is 2.34. The lowest BCUT2D eigenvalue weighted by atomic mass is 10.2. The second-order valence-electron chi connectivity index (χ2n) is 5.00. The molecule has 0 radical (unpaired) electrons. The molecule has 2 rings (SSSR count). The third-order valence-corrected chi connectivity index (χ3v) is 3.90. The predicted octanol–water partition coefficient (Wildman–Crippen LogP) is 2.45. The zero-order valence-electron chi connectivity index (χ0n) is 11.6. The monoisotopic (exact) mass is 296 g/mol. The van der Waals surface area contributed by atoms with E-state index in [1.165, 1.54) is 0 Å². The smallest absolute Gasteiger partial charge is 0.222 e. The van der Waals surface area contributed by atoms with E-state index in [9.17, 15) is 9.90 Å². The Morgan fingerprint density at radius 3 is 2.50 bits per heavy atom. The Morgan fingerprint density at radius 1 is 1.15 bits per heavy atom. The summed E-state index contributed by atoms with van der Waals surface area (Å²) in [5.41, 5.74) is 0.849. The third-order valence-electron chi connectivity index (χ3n) is 3.63. The summed E-state index contributed by atoms with van der Waals surface area (Å²) in [4.78, 5) is 16.0. The number of phenols is 1. The van der Waals surface area contributed by atoms with Gasteiger partial charge < -0.3 is 14.9 Å². The van der Waals surface area contributed by atoms with Gasteiger partial charge in [-0.1, -0.05) is 12.1 Å². The first kappa shape index (κ1) is 15.0. The predicted molar refractivity (Wildman–Crippen MR) is 81.5 cm³/mol. The number of alkyl halides is 1. The maximum Gasteiger partial charge on any atom is 0.222 e. The van der Waals surface area contributed by atoms with E-state index in [0.29, 0.717) is 31.1 Å². The van der Waals surface area contributed by atoms with Crippen LogP contribution in [0.25, 0.3) is 0 Å². The molecular formula is C15H21ClN2O2. The van der Waals surface area contributed by atoms with Crippen molar-refractivity contribution >= 4 is 23.2 Å². The number of hydrogen-bond acceptors (Lipinski definition) is 3. The number of anilines is 1. The number of benzene rings is 1. The summed E-state index contributed by atoms with van der Waals surface area (Å²) in [5.74, 6) is 1.13. The maximum absolute atomic E-state index is 12.0. The van der Waals surface area contributed by atoms with Crippen molar-refractivity contribution in [3.63, 3.8) is 0 Å². The van der Waals surface area contributed by atoms with Crippen LogP contribution in [0.5, 0.6) is 5.75 Å². The van der Waals surface area contributed by atoms with Crippen LogP contribution in [0.3, 0.4) is 0 Å². The number of rotatable bonds is 5. The van der Waals surface area contributed by atoms with E-state index in [2.05, 4.69) is 4.90 Å². The largest absolute Gasteiger partial charge is 0.506 e. The van der Waals surface area contributed by atoms with Crippen molar-refractivity contribution in [2.45, 2.75) is 19.3 Å². The van der Waals surface area contributed by atoms with Crippen molar-refractivity contribution in [3.05, 3.63) is 24.3 Å². The summed E-state index contributed by atoms with van der Waals surface area (Å²) < 4.78 is 0. The number of nitrogens with zero attached hydrogens (tertiary/aromatic N) is 2. The molecule has 0 aromatic heterocycles. The Bertz CT molecular complexity index is 445. The first-order valence-electron chi connectivity index (χ1n) is 7.09. The van der Waals surface area contributed by atoms with Gasteiger partial charge in [0.05, 0.1) is 5.69 Å². The van der Waals surface area contributed by atoms with Gasteiger partial charge in [0.1, 0.15) is 5.75 Å². The van der Waals surface area contributed by atoms with Crippen LogP contribution >= 0.6 is 11.6 Å². The molecule has 1 amide bonds. The first-order chi connectivity index (χ1) is 9.72. The fourth-order valence-corrected chi connectivity index (χ4v) is 2.65. The number of piperazine rings is 1. The van der Waals surface area contributed by atoms with Gasteiger partial charge in [0.2, 0.25) is 5.91 Å². The molecule has 110 valence electrons. The van der Waals surface area contributed by atoms with Crippen LogP contribution in [0.2, 0.25) is 0 Å². The molecule has 1 heterocycles. The summed E-state index contributed by atoms with van der Waals surface area (Å²) in [7, 11) is 0. The third kappa shape index (κ3) is 3.79. The Morgan fingerprint density at radius 2 is 1.85 bits per heavy atom. The number of hydrogen-bond donors (Lipinski definition) is 1. The number of carbonyl (C=O) groups is 1. The van der Waals surface area contributed by atoms with Crippen LogP contribution < -0.4 is 4.90 Å². The van der Waals surface area contributed by atoms with E-state index >= 15 is 0 Å². The molecule has 1 saturated heterocycles. The molecule has 0 unspecified atom stereocenters. The van der Waals surface area contributed by atoms with Crippen molar-refractivity contribution in [1.29, 1.82) is 0 Å². The summed E-state index contributed by atoms with van der Waals surface area (Å²) >= 11 is 5.62. The molecule has 1 aliphatic heterocycles. The second kappa shape index (κ2) is 7.39. The maximum atomic E-state index is 12.0. The summed E-state index contributed by atoms with van der Waals surface area (Å²) in [5, 5.41) is 9.85. The minimum Gasteiger partial charge on any atom is -0.506 e. The second-order valence-corrected chi connectivity index (χ2v) is 5.38. The number of unbranched alkanes of at least 4 members (excludes halogenated alkanes) is 1. The number of phenolic OH excluding ortho intramolecular Hbond substituents is 1. The fraction of sp³-hybridized carbons (Fsp3) is 0.533. The lowest BCUT2D eigenvalue weighted by Gasteiger charge is -2.36. The van der Waals surface area contributed by atoms with E-state index in [-0.39, 0.29) is 5.91 Å². The molecule has 0 saturated carbocycles. The Labute approximate surface area is 124 Å². The molecule has 0 spiro atoms. The van der Waals surface area contributed by atoms with Gasteiger partial charge in [0, 0.05) is 38.5 Å². The minimum atomic E-state index is 0.215. The Balaban J connectivity index is 1.83. The Hall–Kier alpha value is -1.42. The highest BCUT2D eigenvalue weighted by molar-refractivity contribution is 6.17. The average Bonchev–Trinajstić information content (AvgIpc) is 2.48. The van der Waals surface area contributed by atoms with Gasteiger partial charge in [-0.2, -0.15) is 0 Å². The number of halogens is 1. The molecule has 1 fully saturated rings. The van der Waals surface area contributed by atoms with Gasteiger partial charge in [-0.3, -0.25) is 4.79 Å². The van der Waals surface area contributed by atoms with E-state index in [4.69, 9.17) is 11.6 Å². The minimum absolute atomic E-state index is 0.215. The van der Waals surface area contributed by atoms with E-state index in [1.54, 1.807) is 6.07 Å². The molecule has 1 aliphatic rings. The highest BCUT2D eigenvalue weighted by Crippen LogP contribution is 2.27. The lowest BCUT2D eigenvalue weighted by molar-refractivity contribution is -0.131. The van der Waals surface area contributed by atoms with E-state index < -0.39 is 0 Å².